The van der Waals surface area contributed by atoms with Crippen LogP contribution in [0.4, 0.5) is 4.79 Å². The number of amides is 3. The highest BCUT2D eigenvalue weighted by molar-refractivity contribution is 5.80. The Bertz CT molecular complexity index is 707. The maximum atomic E-state index is 13.0. The van der Waals surface area contributed by atoms with Crippen LogP contribution < -0.4 is 5.32 Å². The SMILES string of the molecule is CNC(=O)N1CCC(C(=O)N2CCC3(CCN(Cc4ccccc4)C3)CC2)CC1. The van der Waals surface area contributed by atoms with Crippen LogP contribution in [0.3, 0.4) is 0 Å². The van der Waals surface area contributed by atoms with E-state index in [1.54, 1.807) is 7.05 Å². The lowest BCUT2D eigenvalue weighted by atomic mass is 9.77. The van der Waals surface area contributed by atoms with E-state index < -0.39 is 0 Å². The number of piperidine rings is 2. The van der Waals surface area contributed by atoms with Crippen LogP contribution in [0, 0.1) is 11.3 Å². The number of hydrogen-bond acceptors (Lipinski definition) is 3. The van der Waals surface area contributed by atoms with E-state index in [1.807, 2.05) is 4.90 Å². The molecule has 0 atom stereocenters. The van der Waals surface area contributed by atoms with Crippen molar-refractivity contribution < 1.29 is 9.59 Å². The second kappa shape index (κ2) is 8.74. The number of nitrogens with one attached hydrogen (secondary N) is 1. The number of carbonyl (C=O) groups excluding carboxylic acids is 2. The fourth-order valence-electron chi connectivity index (χ4n) is 5.36. The van der Waals surface area contributed by atoms with Crippen LogP contribution in [0.2, 0.25) is 0 Å². The number of nitrogens with zero attached hydrogens (tertiary/aromatic N) is 3. The summed E-state index contributed by atoms with van der Waals surface area (Å²) in [6.45, 7) is 6.52. The van der Waals surface area contributed by atoms with Crippen molar-refractivity contribution in [3.63, 3.8) is 0 Å². The molecule has 3 fully saturated rings. The molecule has 1 spiro atoms. The molecule has 4 rings (SSSR count). The lowest BCUT2D eigenvalue weighted by Gasteiger charge is -2.41. The zero-order valence-electron chi connectivity index (χ0n) is 17.6. The van der Waals surface area contributed by atoms with E-state index in [9.17, 15) is 9.59 Å². The van der Waals surface area contributed by atoms with Crippen LogP contribution in [0.15, 0.2) is 30.3 Å². The van der Waals surface area contributed by atoms with Gasteiger partial charge in [0.05, 0.1) is 0 Å². The number of likely N-dealkylation sites (tertiary alicyclic amines) is 3. The molecule has 6 nitrogen and oxygen atoms in total. The molecule has 3 aliphatic heterocycles. The highest BCUT2D eigenvalue weighted by Gasteiger charge is 2.42. The Morgan fingerprint density at radius 1 is 0.966 bits per heavy atom. The average molecular weight is 399 g/mol. The Hall–Kier alpha value is -2.08. The molecular formula is C23H34N4O2. The highest BCUT2D eigenvalue weighted by Crippen LogP contribution is 2.41. The first-order valence-electron chi connectivity index (χ1n) is 11.1. The summed E-state index contributed by atoms with van der Waals surface area (Å²) in [6, 6.07) is 10.7. The van der Waals surface area contributed by atoms with E-state index in [2.05, 4.69) is 45.4 Å². The van der Waals surface area contributed by atoms with E-state index in [-0.39, 0.29) is 11.9 Å². The molecule has 6 heteroatoms. The predicted octanol–water partition coefficient (Wildman–Crippen LogP) is 2.55. The zero-order valence-corrected chi connectivity index (χ0v) is 17.6. The van der Waals surface area contributed by atoms with Crippen molar-refractivity contribution in [2.75, 3.05) is 46.3 Å². The van der Waals surface area contributed by atoms with Crippen molar-refractivity contribution in [3.05, 3.63) is 35.9 Å². The fourth-order valence-corrected chi connectivity index (χ4v) is 5.36. The molecule has 1 N–H and O–H groups in total. The van der Waals surface area contributed by atoms with Crippen LogP contribution >= 0.6 is 0 Å². The summed E-state index contributed by atoms with van der Waals surface area (Å²) in [5, 5.41) is 2.68. The van der Waals surface area contributed by atoms with Gasteiger partial charge in [0.1, 0.15) is 0 Å². The molecule has 0 radical (unpaired) electrons. The third kappa shape index (κ3) is 4.58. The first kappa shape index (κ1) is 20.2. The number of hydrogen-bond donors (Lipinski definition) is 1. The molecule has 0 unspecified atom stereocenters. The number of benzene rings is 1. The Balaban J connectivity index is 1.24. The molecule has 0 aliphatic carbocycles. The summed E-state index contributed by atoms with van der Waals surface area (Å²) in [4.78, 5) is 31.3. The van der Waals surface area contributed by atoms with Crippen LogP contribution in [-0.2, 0) is 11.3 Å². The summed E-state index contributed by atoms with van der Waals surface area (Å²) in [7, 11) is 1.66. The van der Waals surface area contributed by atoms with E-state index in [0.717, 1.165) is 51.9 Å². The van der Waals surface area contributed by atoms with Crippen molar-refractivity contribution in [2.45, 2.75) is 38.6 Å². The van der Waals surface area contributed by atoms with Gasteiger partial charge >= 0.3 is 6.03 Å². The topological polar surface area (TPSA) is 55.9 Å². The molecular weight excluding hydrogens is 364 g/mol. The van der Waals surface area contributed by atoms with Crippen LogP contribution in [0.5, 0.6) is 0 Å². The van der Waals surface area contributed by atoms with Crippen molar-refractivity contribution >= 4 is 11.9 Å². The fraction of sp³-hybridized carbons (Fsp3) is 0.652. The molecule has 3 aliphatic rings. The van der Waals surface area contributed by atoms with E-state index in [4.69, 9.17) is 0 Å². The van der Waals surface area contributed by atoms with Gasteiger partial charge in [-0.25, -0.2) is 4.79 Å². The van der Waals surface area contributed by atoms with Crippen LogP contribution in [0.25, 0.3) is 0 Å². The summed E-state index contributed by atoms with van der Waals surface area (Å²) in [5.74, 6) is 0.402. The first-order valence-corrected chi connectivity index (χ1v) is 11.1. The largest absolute Gasteiger partial charge is 0.342 e. The lowest BCUT2D eigenvalue weighted by Crippen LogP contribution is -2.49. The Morgan fingerprint density at radius 2 is 1.62 bits per heavy atom. The summed E-state index contributed by atoms with van der Waals surface area (Å²) < 4.78 is 0. The normalized spacial score (nSPS) is 22.8. The molecule has 3 heterocycles. The van der Waals surface area contributed by atoms with Gasteiger partial charge in [-0.05, 0) is 49.6 Å². The molecule has 0 bridgehead atoms. The third-order valence-corrected chi connectivity index (χ3v) is 7.25. The van der Waals surface area contributed by atoms with Gasteiger partial charge in [0.25, 0.3) is 0 Å². The van der Waals surface area contributed by atoms with Gasteiger partial charge < -0.3 is 15.1 Å². The van der Waals surface area contributed by atoms with E-state index >= 15 is 0 Å². The number of urea groups is 1. The Labute approximate surface area is 174 Å². The molecule has 1 aromatic carbocycles. The van der Waals surface area contributed by atoms with Crippen LogP contribution in [-0.4, -0.2) is 73.0 Å². The summed E-state index contributed by atoms with van der Waals surface area (Å²) in [5.41, 5.74) is 1.79. The molecule has 3 saturated heterocycles. The second-order valence-electron chi connectivity index (χ2n) is 9.09. The average Bonchev–Trinajstić information content (AvgIpc) is 3.16. The monoisotopic (exact) mass is 398 g/mol. The van der Waals surface area contributed by atoms with Gasteiger partial charge in [0.2, 0.25) is 5.91 Å². The minimum Gasteiger partial charge on any atom is -0.342 e. The lowest BCUT2D eigenvalue weighted by molar-refractivity contribution is -0.139. The second-order valence-corrected chi connectivity index (χ2v) is 9.09. The van der Waals surface area contributed by atoms with Crippen molar-refractivity contribution in [1.29, 1.82) is 0 Å². The molecule has 3 amide bonds. The number of carbonyl (C=O) groups is 2. The van der Waals surface area contributed by atoms with Gasteiger partial charge in [-0.1, -0.05) is 30.3 Å². The van der Waals surface area contributed by atoms with Crippen molar-refractivity contribution in [3.8, 4) is 0 Å². The minimum atomic E-state index is -0.0305. The minimum absolute atomic E-state index is 0.0305. The standard InChI is InChI=1S/C23H34N4O2/c1-24-22(29)27-12-7-20(8-13-27)21(28)26-15-10-23(11-16-26)9-14-25(18-23)17-19-5-3-2-4-6-19/h2-6,20H,7-18H2,1H3,(H,24,29). The molecule has 158 valence electrons. The van der Waals surface area contributed by atoms with Crippen molar-refractivity contribution in [2.24, 2.45) is 11.3 Å². The maximum absolute atomic E-state index is 13.0. The molecule has 29 heavy (non-hydrogen) atoms. The van der Waals surface area contributed by atoms with Crippen LogP contribution in [0.1, 0.15) is 37.7 Å². The smallest absolute Gasteiger partial charge is 0.317 e. The molecule has 1 aromatic rings. The summed E-state index contributed by atoms with van der Waals surface area (Å²) >= 11 is 0. The van der Waals surface area contributed by atoms with Crippen molar-refractivity contribution in [1.82, 2.24) is 20.0 Å². The van der Waals surface area contributed by atoms with E-state index in [0.29, 0.717) is 24.4 Å². The molecule has 0 aromatic heterocycles. The molecule has 0 saturated carbocycles. The third-order valence-electron chi connectivity index (χ3n) is 7.25. The van der Waals surface area contributed by atoms with Gasteiger partial charge in [-0.15, -0.1) is 0 Å². The maximum Gasteiger partial charge on any atom is 0.317 e. The van der Waals surface area contributed by atoms with Gasteiger partial charge in [-0.3, -0.25) is 9.69 Å². The van der Waals surface area contributed by atoms with E-state index in [1.165, 1.54) is 18.5 Å². The Morgan fingerprint density at radius 3 is 2.28 bits per heavy atom. The first-order chi connectivity index (χ1) is 14.1. The van der Waals surface area contributed by atoms with Gasteiger partial charge in [-0.2, -0.15) is 0 Å². The zero-order chi connectivity index (χ0) is 20.3. The predicted molar refractivity (Wildman–Crippen MR) is 113 cm³/mol. The van der Waals surface area contributed by atoms with Gasteiger partial charge in [0.15, 0.2) is 0 Å². The number of rotatable bonds is 3. The quantitative estimate of drug-likeness (QED) is 0.851. The summed E-state index contributed by atoms with van der Waals surface area (Å²) in [6.07, 6.45) is 5.09. The Kier molecular flexibility index (Phi) is 6.09. The van der Waals surface area contributed by atoms with Gasteiger partial charge in [0, 0.05) is 52.2 Å². The highest BCUT2D eigenvalue weighted by atomic mass is 16.2.